The first kappa shape index (κ1) is 25.7. The maximum Gasteiger partial charge on any atom is 0.357 e. The summed E-state index contributed by atoms with van der Waals surface area (Å²) in [6.45, 7) is 5.19. The molecule has 0 saturated carbocycles. The van der Waals surface area contributed by atoms with E-state index in [1.54, 1.807) is 20.8 Å². The Hall–Kier alpha value is -3.91. The molecule has 0 radical (unpaired) electrons. The summed E-state index contributed by atoms with van der Waals surface area (Å²) in [4.78, 5) is 45.6. The number of halogens is 1. The van der Waals surface area contributed by atoms with Gasteiger partial charge in [0.25, 0.3) is 0 Å². The number of pyridine rings is 1. The molecule has 1 aromatic heterocycles. The van der Waals surface area contributed by atoms with E-state index < -0.39 is 29.4 Å². The summed E-state index contributed by atoms with van der Waals surface area (Å²) in [6.07, 6.45) is -0.389. The van der Waals surface area contributed by atoms with Crippen molar-refractivity contribution in [1.82, 2.24) is 4.98 Å². The minimum atomic E-state index is -1.73. The summed E-state index contributed by atoms with van der Waals surface area (Å²) in [5, 5.41) is 0.0952. The molecule has 9 heteroatoms. The number of methoxy groups -OCH3 is 2. The maximum atomic E-state index is 14.3. The highest BCUT2D eigenvalue weighted by atomic mass is 35.5. The molecule has 2 heterocycles. The van der Waals surface area contributed by atoms with E-state index in [1.165, 1.54) is 26.4 Å². The average molecular weight is 536 g/mol. The first-order chi connectivity index (χ1) is 18.1. The molecule has 8 nitrogen and oxygen atoms in total. The number of carbonyl (C=O) groups is 3. The van der Waals surface area contributed by atoms with E-state index in [4.69, 9.17) is 30.5 Å². The second-order valence-corrected chi connectivity index (χ2v) is 9.97. The second-order valence-electron chi connectivity index (χ2n) is 9.59. The van der Waals surface area contributed by atoms with Crippen molar-refractivity contribution in [1.29, 1.82) is 0 Å². The number of Topliss-reactive ketones (excluding diaryl/α,β-unsaturated/α-hetero) is 2. The number of rotatable bonds is 5. The molecule has 3 aromatic rings. The molecular formula is C29H26ClNO7. The number of fused-ring (bicyclic) bond motifs is 3. The Bertz CT molecular complexity index is 1480. The van der Waals surface area contributed by atoms with Crippen molar-refractivity contribution >= 4 is 29.1 Å². The maximum absolute atomic E-state index is 14.3. The van der Waals surface area contributed by atoms with Crippen LogP contribution in [0, 0.1) is 5.92 Å². The SMILES string of the molecule is COc1cc(OC)c2c(c1Cl)O[C@]1(C2=O)c2nc(C(=O)OC(C)C)cc(-c3ccccc3)c2C(=O)C[C@H]1C. The number of hydrogen-bond acceptors (Lipinski definition) is 8. The van der Waals surface area contributed by atoms with Crippen molar-refractivity contribution in [3.63, 3.8) is 0 Å². The zero-order valence-corrected chi connectivity index (χ0v) is 22.3. The van der Waals surface area contributed by atoms with Gasteiger partial charge in [0.15, 0.2) is 11.5 Å². The lowest BCUT2D eigenvalue weighted by Gasteiger charge is -2.38. The van der Waals surface area contributed by atoms with Gasteiger partial charge in [-0.05, 0) is 31.0 Å². The van der Waals surface area contributed by atoms with E-state index >= 15 is 0 Å². The number of aromatic nitrogens is 1. The van der Waals surface area contributed by atoms with Gasteiger partial charge in [-0.1, -0.05) is 48.9 Å². The molecule has 0 bridgehead atoms. The number of benzene rings is 2. The predicted octanol–water partition coefficient (Wildman–Crippen LogP) is 5.68. The van der Waals surface area contributed by atoms with Gasteiger partial charge < -0.3 is 18.9 Å². The van der Waals surface area contributed by atoms with E-state index in [1.807, 2.05) is 30.3 Å². The summed E-state index contributed by atoms with van der Waals surface area (Å²) in [6, 6.07) is 12.2. The van der Waals surface area contributed by atoms with Crippen LogP contribution in [0.3, 0.4) is 0 Å². The minimum absolute atomic E-state index is 0.0150. The van der Waals surface area contributed by atoms with Gasteiger partial charge >= 0.3 is 5.97 Å². The monoisotopic (exact) mass is 535 g/mol. The summed E-state index contributed by atoms with van der Waals surface area (Å²) in [7, 11) is 2.87. The lowest BCUT2D eigenvalue weighted by atomic mass is 9.70. The molecule has 196 valence electrons. The van der Waals surface area contributed by atoms with E-state index in [-0.39, 0.29) is 57.0 Å². The Kier molecular flexibility index (Phi) is 6.39. The third-order valence-electron chi connectivity index (χ3n) is 6.89. The Morgan fingerprint density at radius 1 is 1.08 bits per heavy atom. The molecule has 2 atom stereocenters. The van der Waals surface area contributed by atoms with Crippen LogP contribution >= 0.6 is 11.6 Å². The lowest BCUT2D eigenvalue weighted by molar-refractivity contribution is 0.0184. The summed E-state index contributed by atoms with van der Waals surface area (Å²) in [5.41, 5.74) is -0.222. The molecule has 0 unspecified atom stereocenters. The van der Waals surface area contributed by atoms with Crippen LogP contribution in [0.2, 0.25) is 5.02 Å². The van der Waals surface area contributed by atoms with Gasteiger partial charge in [-0.3, -0.25) is 9.59 Å². The van der Waals surface area contributed by atoms with Crippen LogP contribution in [0.25, 0.3) is 11.1 Å². The topological polar surface area (TPSA) is 101 Å². The molecule has 0 fully saturated rings. The van der Waals surface area contributed by atoms with E-state index in [0.29, 0.717) is 11.1 Å². The van der Waals surface area contributed by atoms with E-state index in [9.17, 15) is 14.4 Å². The number of nitrogens with zero attached hydrogens (tertiary/aromatic N) is 1. The van der Waals surface area contributed by atoms with Gasteiger partial charge in [0.1, 0.15) is 33.5 Å². The summed E-state index contributed by atoms with van der Waals surface area (Å²) >= 11 is 6.60. The van der Waals surface area contributed by atoms with Crippen molar-refractivity contribution in [2.24, 2.45) is 5.92 Å². The van der Waals surface area contributed by atoms with Crippen LogP contribution in [0.15, 0.2) is 42.5 Å². The Labute approximate surface area is 224 Å². The minimum Gasteiger partial charge on any atom is -0.496 e. The third-order valence-corrected chi connectivity index (χ3v) is 7.25. The number of esters is 1. The molecule has 1 aliphatic carbocycles. The zero-order chi connectivity index (χ0) is 27.4. The van der Waals surface area contributed by atoms with Crippen molar-refractivity contribution < 1.29 is 33.3 Å². The van der Waals surface area contributed by atoms with E-state index in [0.717, 1.165) is 0 Å². The normalized spacial score (nSPS) is 19.7. The fourth-order valence-corrected chi connectivity index (χ4v) is 5.42. The van der Waals surface area contributed by atoms with Crippen molar-refractivity contribution in [2.45, 2.75) is 38.9 Å². The standard InChI is InChI=1S/C29H26ClNO7/c1-14(2)37-28(34)18-12-17(16-9-7-6-8-10-16)22-19(32)11-15(3)29(26(22)31-18)27(33)23-20(35-4)13-21(36-5)24(30)25(23)38-29/h6-10,12-15H,11H2,1-5H3/t15-,29+/m1/s1. The molecule has 2 aliphatic rings. The quantitative estimate of drug-likeness (QED) is 0.385. The van der Waals surface area contributed by atoms with E-state index in [2.05, 4.69) is 4.98 Å². The highest BCUT2D eigenvalue weighted by molar-refractivity contribution is 6.35. The van der Waals surface area contributed by atoms with Crippen molar-refractivity contribution in [2.75, 3.05) is 14.2 Å². The molecular weight excluding hydrogens is 510 g/mol. The van der Waals surface area contributed by atoms with Gasteiger partial charge in [0.2, 0.25) is 11.4 Å². The largest absolute Gasteiger partial charge is 0.496 e. The van der Waals surface area contributed by atoms with Gasteiger partial charge in [-0.25, -0.2) is 9.78 Å². The number of hydrogen-bond donors (Lipinski definition) is 0. The van der Waals surface area contributed by atoms with Crippen LogP contribution in [0.1, 0.15) is 64.1 Å². The Balaban J connectivity index is 1.83. The Morgan fingerprint density at radius 3 is 2.39 bits per heavy atom. The first-order valence-corrected chi connectivity index (χ1v) is 12.5. The molecule has 0 amide bonds. The second kappa shape index (κ2) is 9.44. The van der Waals surface area contributed by atoms with Crippen LogP contribution in [0.4, 0.5) is 0 Å². The summed E-state index contributed by atoms with van der Waals surface area (Å²) < 4.78 is 22.7. The highest BCUT2D eigenvalue weighted by Gasteiger charge is 2.61. The molecule has 5 rings (SSSR count). The van der Waals surface area contributed by atoms with Crippen molar-refractivity contribution in [3.05, 3.63) is 70.0 Å². The smallest absolute Gasteiger partial charge is 0.357 e. The Morgan fingerprint density at radius 2 is 1.76 bits per heavy atom. The van der Waals surface area contributed by atoms with Crippen LogP contribution in [0.5, 0.6) is 17.2 Å². The predicted molar refractivity (Wildman–Crippen MR) is 140 cm³/mol. The lowest BCUT2D eigenvalue weighted by Crippen LogP contribution is -2.49. The molecule has 38 heavy (non-hydrogen) atoms. The number of ketones is 2. The molecule has 1 spiro atoms. The van der Waals surface area contributed by atoms with Crippen LogP contribution < -0.4 is 14.2 Å². The average Bonchev–Trinajstić information content (AvgIpc) is 3.21. The molecule has 1 aliphatic heterocycles. The highest BCUT2D eigenvalue weighted by Crippen LogP contribution is 2.57. The molecule has 0 N–H and O–H groups in total. The van der Waals surface area contributed by atoms with Crippen molar-refractivity contribution in [3.8, 4) is 28.4 Å². The number of ether oxygens (including phenoxy) is 4. The molecule has 2 aromatic carbocycles. The van der Waals surface area contributed by atoms with Crippen LogP contribution in [-0.2, 0) is 10.3 Å². The third kappa shape index (κ3) is 3.74. The first-order valence-electron chi connectivity index (χ1n) is 12.2. The van der Waals surface area contributed by atoms with Gasteiger partial charge in [0.05, 0.1) is 25.9 Å². The fourth-order valence-electron chi connectivity index (χ4n) is 5.16. The summed E-state index contributed by atoms with van der Waals surface area (Å²) in [5.74, 6) is -1.43. The fraction of sp³-hybridized carbons (Fsp3) is 0.310. The number of carbonyl (C=O) groups excluding carboxylic acids is 3. The van der Waals surface area contributed by atoms with Crippen LogP contribution in [-0.4, -0.2) is 42.8 Å². The van der Waals surface area contributed by atoms with Gasteiger partial charge in [-0.2, -0.15) is 0 Å². The molecule has 0 saturated heterocycles. The van der Waals surface area contributed by atoms with Gasteiger partial charge in [-0.15, -0.1) is 0 Å². The zero-order valence-electron chi connectivity index (χ0n) is 21.6. The van der Waals surface area contributed by atoms with Gasteiger partial charge in [0, 0.05) is 18.4 Å².